The summed E-state index contributed by atoms with van der Waals surface area (Å²) >= 11 is 0. The largest absolute Gasteiger partial charge is 0.392 e. The predicted molar refractivity (Wildman–Crippen MR) is 99.6 cm³/mol. The molecule has 6 nitrogen and oxygen atoms in total. The predicted octanol–water partition coefficient (Wildman–Crippen LogP) is 2.63. The highest BCUT2D eigenvalue weighted by atomic mass is 16.3. The van der Waals surface area contributed by atoms with Crippen molar-refractivity contribution in [3.8, 4) is 11.3 Å². The van der Waals surface area contributed by atoms with Crippen molar-refractivity contribution in [2.75, 3.05) is 0 Å². The highest BCUT2D eigenvalue weighted by Gasteiger charge is 2.12. The lowest BCUT2D eigenvalue weighted by molar-refractivity contribution is 0.0940. The second kappa shape index (κ2) is 7.93. The average molecular weight is 350 g/mol. The number of aliphatic hydroxyl groups excluding tert-OH is 1. The Labute approximate surface area is 152 Å². The van der Waals surface area contributed by atoms with Crippen LogP contribution in [-0.2, 0) is 13.0 Å². The van der Waals surface area contributed by atoms with E-state index < -0.39 is 0 Å². The Morgan fingerprint density at radius 3 is 2.65 bits per heavy atom. The second-order valence-electron chi connectivity index (χ2n) is 6.41. The molecule has 2 heterocycles. The lowest BCUT2D eigenvalue weighted by Crippen LogP contribution is -2.34. The van der Waals surface area contributed by atoms with Crippen LogP contribution in [0.5, 0.6) is 0 Å². The van der Waals surface area contributed by atoms with E-state index >= 15 is 0 Å². The zero-order valence-electron chi connectivity index (χ0n) is 14.9. The number of benzene rings is 1. The van der Waals surface area contributed by atoms with Crippen LogP contribution in [0.2, 0.25) is 0 Å². The number of aliphatic hydroxyl groups is 1. The highest BCUT2D eigenvalue weighted by Crippen LogP contribution is 2.18. The number of rotatable bonds is 6. The smallest absolute Gasteiger partial charge is 0.251 e. The van der Waals surface area contributed by atoms with Crippen LogP contribution >= 0.6 is 0 Å². The van der Waals surface area contributed by atoms with Crippen LogP contribution in [0.1, 0.15) is 34.2 Å². The number of aryl methyl sites for hydroxylation is 1. The van der Waals surface area contributed by atoms with Crippen molar-refractivity contribution < 1.29 is 9.90 Å². The molecule has 0 fully saturated rings. The van der Waals surface area contributed by atoms with Gasteiger partial charge in [0.1, 0.15) is 0 Å². The summed E-state index contributed by atoms with van der Waals surface area (Å²) in [6, 6.07) is 12.8. The molecule has 6 heteroatoms. The van der Waals surface area contributed by atoms with Crippen molar-refractivity contribution in [1.82, 2.24) is 20.5 Å². The molecule has 0 saturated carbocycles. The van der Waals surface area contributed by atoms with E-state index in [2.05, 4.69) is 20.5 Å². The van der Waals surface area contributed by atoms with E-state index in [9.17, 15) is 9.90 Å². The van der Waals surface area contributed by atoms with E-state index in [1.54, 1.807) is 24.4 Å². The number of nitrogens with zero attached hydrogens (tertiary/aromatic N) is 2. The van der Waals surface area contributed by atoms with Crippen molar-refractivity contribution in [2.24, 2.45) is 0 Å². The van der Waals surface area contributed by atoms with Crippen LogP contribution in [0.15, 0.2) is 48.7 Å². The maximum absolute atomic E-state index is 12.4. The number of carbonyl (C=O) groups excluding carboxylic acids is 1. The lowest BCUT2D eigenvalue weighted by Gasteiger charge is -2.13. The first-order valence-corrected chi connectivity index (χ1v) is 8.53. The van der Waals surface area contributed by atoms with Gasteiger partial charge in [-0.05, 0) is 49.7 Å². The average Bonchev–Trinajstić information content (AvgIpc) is 3.06. The first-order chi connectivity index (χ1) is 12.5. The van der Waals surface area contributed by atoms with E-state index in [1.807, 2.05) is 38.1 Å². The molecule has 1 aromatic carbocycles. The van der Waals surface area contributed by atoms with Crippen molar-refractivity contribution in [1.29, 1.82) is 0 Å². The molecule has 0 radical (unpaired) electrons. The van der Waals surface area contributed by atoms with E-state index in [-0.39, 0.29) is 18.6 Å². The number of amides is 1. The zero-order chi connectivity index (χ0) is 18.5. The molecule has 2 aromatic heterocycles. The van der Waals surface area contributed by atoms with Crippen molar-refractivity contribution in [2.45, 2.75) is 32.9 Å². The molecule has 0 aliphatic heterocycles. The molecule has 1 unspecified atom stereocenters. The number of nitrogens with one attached hydrogen (secondary N) is 2. The van der Waals surface area contributed by atoms with E-state index in [0.29, 0.717) is 12.0 Å². The van der Waals surface area contributed by atoms with Gasteiger partial charge >= 0.3 is 0 Å². The van der Waals surface area contributed by atoms with E-state index in [4.69, 9.17) is 0 Å². The molecular weight excluding hydrogens is 328 g/mol. The number of aromatic nitrogens is 3. The van der Waals surface area contributed by atoms with Gasteiger partial charge in [0, 0.05) is 35.5 Å². The molecule has 0 bridgehead atoms. The van der Waals surface area contributed by atoms with Crippen LogP contribution in [0.3, 0.4) is 0 Å². The van der Waals surface area contributed by atoms with Crippen molar-refractivity contribution >= 4 is 5.91 Å². The number of aromatic amines is 1. The number of carbonyl (C=O) groups is 1. The lowest BCUT2D eigenvalue weighted by atomic mass is 10.1. The Balaban J connectivity index is 1.64. The number of pyridine rings is 1. The summed E-state index contributed by atoms with van der Waals surface area (Å²) in [5.74, 6) is -0.117. The van der Waals surface area contributed by atoms with E-state index in [1.165, 1.54) is 0 Å². The summed E-state index contributed by atoms with van der Waals surface area (Å²) in [5.41, 5.74) is 5.01. The Morgan fingerprint density at radius 1 is 1.23 bits per heavy atom. The summed E-state index contributed by atoms with van der Waals surface area (Å²) in [6.07, 6.45) is 2.34. The van der Waals surface area contributed by atoms with Gasteiger partial charge in [-0.15, -0.1) is 0 Å². The minimum absolute atomic E-state index is 0.0206. The van der Waals surface area contributed by atoms with Crippen LogP contribution in [-0.4, -0.2) is 32.2 Å². The first kappa shape index (κ1) is 17.8. The Hall–Kier alpha value is -2.99. The third-order valence-corrected chi connectivity index (χ3v) is 4.10. The van der Waals surface area contributed by atoms with Gasteiger partial charge in [0.05, 0.1) is 18.0 Å². The van der Waals surface area contributed by atoms with Gasteiger partial charge in [0.2, 0.25) is 0 Å². The molecule has 0 saturated heterocycles. The zero-order valence-corrected chi connectivity index (χ0v) is 14.9. The molecule has 1 amide bonds. The minimum Gasteiger partial charge on any atom is -0.392 e. The Morgan fingerprint density at radius 2 is 2.00 bits per heavy atom. The molecule has 0 spiro atoms. The SMILES string of the molecule is Cc1cc(CC(C)NC(=O)c2ccc(-c3cc(CO)ccn3)cc2)n[nH]1. The van der Waals surface area contributed by atoms with Gasteiger partial charge in [-0.3, -0.25) is 14.9 Å². The van der Waals surface area contributed by atoms with E-state index in [0.717, 1.165) is 28.2 Å². The maximum atomic E-state index is 12.4. The Kier molecular flexibility index (Phi) is 5.43. The summed E-state index contributed by atoms with van der Waals surface area (Å²) in [4.78, 5) is 16.7. The topological polar surface area (TPSA) is 90.9 Å². The molecule has 3 aromatic rings. The standard InChI is InChI=1S/C20H22N4O2/c1-13(9-18-10-14(2)23-24-18)22-20(26)17-5-3-16(4-6-17)19-11-15(12-25)7-8-21-19/h3-8,10-11,13,25H,9,12H2,1-2H3,(H,22,26)(H,23,24). The summed E-state index contributed by atoms with van der Waals surface area (Å²) in [7, 11) is 0. The van der Waals surface area contributed by atoms with Crippen LogP contribution in [0.25, 0.3) is 11.3 Å². The maximum Gasteiger partial charge on any atom is 0.251 e. The fraction of sp³-hybridized carbons (Fsp3) is 0.250. The fourth-order valence-electron chi connectivity index (χ4n) is 2.77. The quantitative estimate of drug-likeness (QED) is 0.637. The summed E-state index contributed by atoms with van der Waals surface area (Å²) < 4.78 is 0. The molecule has 3 rings (SSSR count). The molecule has 3 N–H and O–H groups in total. The van der Waals surface area contributed by atoms with Crippen LogP contribution in [0.4, 0.5) is 0 Å². The van der Waals surface area contributed by atoms with Crippen LogP contribution in [0, 0.1) is 6.92 Å². The molecule has 134 valence electrons. The van der Waals surface area contributed by atoms with Gasteiger partial charge in [-0.25, -0.2) is 0 Å². The minimum atomic E-state index is -0.117. The highest BCUT2D eigenvalue weighted by molar-refractivity contribution is 5.94. The van der Waals surface area contributed by atoms with Gasteiger partial charge in [-0.2, -0.15) is 5.10 Å². The van der Waals surface area contributed by atoms with Gasteiger partial charge < -0.3 is 10.4 Å². The molecule has 1 atom stereocenters. The normalized spacial score (nSPS) is 12.0. The van der Waals surface area contributed by atoms with Crippen molar-refractivity contribution in [3.05, 3.63) is 71.2 Å². The molecule has 0 aliphatic carbocycles. The molecule has 26 heavy (non-hydrogen) atoms. The van der Waals surface area contributed by atoms with Gasteiger partial charge in [0.25, 0.3) is 5.91 Å². The van der Waals surface area contributed by atoms with Gasteiger partial charge in [-0.1, -0.05) is 12.1 Å². The number of hydrogen-bond donors (Lipinski definition) is 3. The second-order valence-corrected chi connectivity index (χ2v) is 6.41. The third-order valence-electron chi connectivity index (χ3n) is 4.10. The molecule has 0 aliphatic rings. The monoisotopic (exact) mass is 350 g/mol. The third kappa shape index (κ3) is 4.34. The van der Waals surface area contributed by atoms with Crippen LogP contribution < -0.4 is 5.32 Å². The summed E-state index contributed by atoms with van der Waals surface area (Å²) in [5, 5.41) is 19.3. The van der Waals surface area contributed by atoms with Gasteiger partial charge in [0.15, 0.2) is 0 Å². The fourth-order valence-corrected chi connectivity index (χ4v) is 2.77. The summed E-state index contributed by atoms with van der Waals surface area (Å²) in [6.45, 7) is 3.89. The molecular formula is C20H22N4O2. The number of hydrogen-bond acceptors (Lipinski definition) is 4. The number of H-pyrrole nitrogens is 1. The first-order valence-electron chi connectivity index (χ1n) is 8.53. The Bertz CT molecular complexity index is 887. The van der Waals surface area contributed by atoms with Crippen molar-refractivity contribution in [3.63, 3.8) is 0 Å².